The molecule has 0 saturated heterocycles. The van der Waals surface area contributed by atoms with Crippen molar-refractivity contribution in [1.29, 1.82) is 0 Å². The number of benzene rings is 1. The van der Waals surface area contributed by atoms with E-state index in [0.717, 1.165) is 29.9 Å². The van der Waals surface area contributed by atoms with Gasteiger partial charge in [-0.25, -0.2) is 4.39 Å². The van der Waals surface area contributed by atoms with Gasteiger partial charge in [-0.15, -0.1) is 0 Å². The fourth-order valence-electron chi connectivity index (χ4n) is 2.73. The molecule has 112 valence electrons. The van der Waals surface area contributed by atoms with Crippen molar-refractivity contribution in [1.82, 2.24) is 10.3 Å². The van der Waals surface area contributed by atoms with Crippen LogP contribution >= 0.6 is 0 Å². The van der Waals surface area contributed by atoms with Gasteiger partial charge in [0.1, 0.15) is 5.82 Å². The Bertz CT molecular complexity index is 602. The Morgan fingerprint density at radius 2 is 1.76 bits per heavy atom. The Morgan fingerprint density at radius 3 is 2.33 bits per heavy atom. The lowest BCUT2D eigenvalue weighted by molar-refractivity contribution is 0.546. The van der Waals surface area contributed by atoms with Crippen molar-refractivity contribution in [2.45, 2.75) is 40.2 Å². The highest BCUT2D eigenvalue weighted by Crippen LogP contribution is 2.22. The minimum Gasteiger partial charge on any atom is -0.310 e. The molecule has 2 rings (SSSR count). The molecule has 21 heavy (non-hydrogen) atoms. The maximum atomic E-state index is 13.2. The number of nitrogens with one attached hydrogen (secondary N) is 1. The summed E-state index contributed by atoms with van der Waals surface area (Å²) in [5, 5.41) is 3.52. The third-order valence-electron chi connectivity index (χ3n) is 3.69. The molecule has 0 aliphatic rings. The Balaban J connectivity index is 2.30. The molecule has 0 saturated carbocycles. The molecule has 2 aromatic rings. The summed E-state index contributed by atoms with van der Waals surface area (Å²) in [5.41, 5.74) is 5.48. The predicted octanol–water partition coefficient (Wildman–Crippen LogP) is 4.04. The molecule has 1 heterocycles. The lowest BCUT2D eigenvalue weighted by Crippen LogP contribution is -2.23. The van der Waals surface area contributed by atoms with Crippen molar-refractivity contribution in [3.63, 3.8) is 0 Å². The normalized spacial score (nSPS) is 12.4. The van der Waals surface area contributed by atoms with Crippen LogP contribution in [0, 0.1) is 26.6 Å². The van der Waals surface area contributed by atoms with Gasteiger partial charge in [0.25, 0.3) is 0 Å². The van der Waals surface area contributed by atoms with Gasteiger partial charge < -0.3 is 5.32 Å². The summed E-state index contributed by atoms with van der Waals surface area (Å²) in [4.78, 5) is 4.44. The van der Waals surface area contributed by atoms with Gasteiger partial charge in [0.2, 0.25) is 0 Å². The number of hydrogen-bond acceptors (Lipinski definition) is 2. The SMILES string of the molecule is CCNC(Cc1ccc(F)cc1C)c1cc(C)nc(C)c1. The molecular formula is C18H23FN2. The van der Waals surface area contributed by atoms with Crippen LogP contribution in [0.15, 0.2) is 30.3 Å². The summed E-state index contributed by atoms with van der Waals surface area (Å²) in [6.07, 6.45) is 0.850. The fraction of sp³-hybridized carbons (Fsp3) is 0.389. The summed E-state index contributed by atoms with van der Waals surface area (Å²) in [7, 11) is 0. The molecule has 0 fully saturated rings. The van der Waals surface area contributed by atoms with Crippen molar-refractivity contribution in [2.24, 2.45) is 0 Å². The van der Waals surface area contributed by atoms with Crippen LogP contribution in [-0.2, 0) is 6.42 Å². The first-order valence-corrected chi connectivity index (χ1v) is 7.43. The highest BCUT2D eigenvalue weighted by atomic mass is 19.1. The van der Waals surface area contributed by atoms with Crippen molar-refractivity contribution in [3.05, 3.63) is 64.2 Å². The number of aromatic nitrogens is 1. The molecule has 0 bridgehead atoms. The summed E-state index contributed by atoms with van der Waals surface area (Å²) >= 11 is 0. The van der Waals surface area contributed by atoms with Crippen molar-refractivity contribution in [3.8, 4) is 0 Å². The van der Waals surface area contributed by atoms with E-state index >= 15 is 0 Å². The van der Waals surface area contributed by atoms with Gasteiger partial charge in [0.15, 0.2) is 0 Å². The molecule has 0 spiro atoms. The molecule has 1 atom stereocenters. The highest BCUT2D eigenvalue weighted by molar-refractivity contribution is 5.31. The van der Waals surface area contributed by atoms with Gasteiger partial charge in [0.05, 0.1) is 0 Å². The Kier molecular flexibility index (Phi) is 5.07. The standard InChI is InChI=1S/C18H23FN2/c1-5-20-18(16-9-13(3)21-14(4)10-16)11-15-6-7-17(19)8-12(15)2/h6-10,18,20H,5,11H2,1-4H3. The first-order chi connectivity index (χ1) is 9.99. The first kappa shape index (κ1) is 15.6. The number of aryl methyl sites for hydroxylation is 3. The van der Waals surface area contributed by atoms with E-state index in [2.05, 4.69) is 29.4 Å². The van der Waals surface area contributed by atoms with Crippen molar-refractivity contribution >= 4 is 0 Å². The van der Waals surface area contributed by atoms with Crippen LogP contribution in [0.5, 0.6) is 0 Å². The fourth-order valence-corrected chi connectivity index (χ4v) is 2.73. The second kappa shape index (κ2) is 6.81. The van der Waals surface area contributed by atoms with Crippen LogP contribution in [0.25, 0.3) is 0 Å². The van der Waals surface area contributed by atoms with Crippen LogP contribution in [0.3, 0.4) is 0 Å². The van der Waals surface area contributed by atoms with E-state index in [1.165, 1.54) is 17.2 Å². The average Bonchev–Trinajstić information content (AvgIpc) is 2.40. The minimum absolute atomic E-state index is 0.174. The molecule has 3 heteroatoms. The van der Waals surface area contributed by atoms with Crippen molar-refractivity contribution < 1.29 is 4.39 Å². The Hall–Kier alpha value is -1.74. The summed E-state index contributed by atoms with van der Waals surface area (Å²) in [6.45, 7) is 8.99. The molecule has 2 nitrogen and oxygen atoms in total. The van der Waals surface area contributed by atoms with Crippen LogP contribution in [0.2, 0.25) is 0 Å². The third-order valence-corrected chi connectivity index (χ3v) is 3.69. The Morgan fingerprint density at radius 1 is 1.10 bits per heavy atom. The van der Waals surface area contributed by atoms with Crippen LogP contribution < -0.4 is 5.32 Å². The van der Waals surface area contributed by atoms with Crippen LogP contribution in [-0.4, -0.2) is 11.5 Å². The Labute approximate surface area is 126 Å². The molecule has 0 radical (unpaired) electrons. The maximum absolute atomic E-state index is 13.2. The van der Waals surface area contributed by atoms with Crippen LogP contribution in [0.1, 0.15) is 41.0 Å². The number of hydrogen-bond donors (Lipinski definition) is 1. The quantitative estimate of drug-likeness (QED) is 0.897. The van der Waals surface area contributed by atoms with Gasteiger partial charge >= 0.3 is 0 Å². The van der Waals surface area contributed by atoms with Gasteiger partial charge in [0, 0.05) is 17.4 Å². The van der Waals surface area contributed by atoms with E-state index in [-0.39, 0.29) is 11.9 Å². The second-order valence-corrected chi connectivity index (χ2v) is 5.57. The van der Waals surface area contributed by atoms with Gasteiger partial charge in [-0.1, -0.05) is 13.0 Å². The molecule has 0 amide bonds. The lowest BCUT2D eigenvalue weighted by Gasteiger charge is -2.20. The topological polar surface area (TPSA) is 24.9 Å². The van der Waals surface area contributed by atoms with Crippen LogP contribution in [0.4, 0.5) is 4.39 Å². The summed E-state index contributed by atoms with van der Waals surface area (Å²) in [5.74, 6) is -0.174. The lowest BCUT2D eigenvalue weighted by atomic mass is 9.95. The molecule has 1 N–H and O–H groups in total. The molecule has 1 unspecified atom stereocenters. The summed E-state index contributed by atoms with van der Waals surface area (Å²) in [6, 6.07) is 9.49. The zero-order valence-electron chi connectivity index (χ0n) is 13.2. The molecule has 1 aromatic carbocycles. The average molecular weight is 286 g/mol. The maximum Gasteiger partial charge on any atom is 0.123 e. The third kappa shape index (κ3) is 4.11. The van der Waals surface area contributed by atoms with E-state index in [4.69, 9.17) is 0 Å². The van der Waals surface area contributed by atoms with Gasteiger partial charge in [-0.2, -0.15) is 0 Å². The van der Waals surface area contributed by atoms with Crippen molar-refractivity contribution in [2.75, 3.05) is 6.54 Å². The van der Waals surface area contributed by atoms with E-state index in [0.29, 0.717) is 0 Å². The monoisotopic (exact) mass is 286 g/mol. The molecule has 0 aliphatic carbocycles. The van der Waals surface area contributed by atoms with E-state index in [1.807, 2.05) is 26.8 Å². The van der Waals surface area contributed by atoms with E-state index in [9.17, 15) is 4.39 Å². The summed E-state index contributed by atoms with van der Waals surface area (Å²) < 4.78 is 13.2. The number of rotatable bonds is 5. The molecule has 0 aliphatic heterocycles. The zero-order chi connectivity index (χ0) is 15.4. The zero-order valence-corrected chi connectivity index (χ0v) is 13.2. The molecular weight excluding hydrogens is 263 g/mol. The number of pyridine rings is 1. The number of likely N-dealkylation sites (N-methyl/N-ethyl adjacent to an activating group) is 1. The van der Waals surface area contributed by atoms with E-state index < -0.39 is 0 Å². The molecule has 1 aromatic heterocycles. The number of nitrogens with zero attached hydrogens (tertiary/aromatic N) is 1. The van der Waals surface area contributed by atoms with Gasteiger partial charge in [-0.05, 0) is 74.7 Å². The van der Waals surface area contributed by atoms with Gasteiger partial charge in [-0.3, -0.25) is 4.98 Å². The highest BCUT2D eigenvalue weighted by Gasteiger charge is 2.14. The predicted molar refractivity (Wildman–Crippen MR) is 85.0 cm³/mol. The number of halogens is 1. The van der Waals surface area contributed by atoms with E-state index in [1.54, 1.807) is 6.07 Å². The first-order valence-electron chi connectivity index (χ1n) is 7.43. The smallest absolute Gasteiger partial charge is 0.123 e. The second-order valence-electron chi connectivity index (χ2n) is 5.57. The largest absolute Gasteiger partial charge is 0.310 e. The minimum atomic E-state index is -0.174.